The highest BCUT2D eigenvalue weighted by molar-refractivity contribution is 8.76. The van der Waals surface area contributed by atoms with Gasteiger partial charge in [0.2, 0.25) is 5.91 Å². The lowest BCUT2D eigenvalue weighted by atomic mass is 10.5. The first-order valence-electron chi connectivity index (χ1n) is 4.16. The van der Waals surface area contributed by atoms with Crippen molar-refractivity contribution in [3.8, 4) is 0 Å². The van der Waals surface area contributed by atoms with Gasteiger partial charge in [-0.2, -0.15) is 0 Å². The molecule has 0 fully saturated rings. The van der Waals surface area contributed by atoms with Gasteiger partial charge in [-0.15, -0.1) is 0 Å². The van der Waals surface area contributed by atoms with Crippen LogP contribution in [0.5, 0.6) is 0 Å². The minimum absolute atomic E-state index is 0.0214. The van der Waals surface area contributed by atoms with Crippen molar-refractivity contribution in [3.05, 3.63) is 12.2 Å². The monoisotopic (exact) mass is 220 g/mol. The van der Waals surface area contributed by atoms with Crippen molar-refractivity contribution < 1.29 is 4.79 Å². The Labute approximate surface area is 87.3 Å². The summed E-state index contributed by atoms with van der Waals surface area (Å²) in [5.74, 6) is 1.87. The van der Waals surface area contributed by atoms with Crippen LogP contribution in [0.15, 0.2) is 12.2 Å². The average Bonchev–Trinajstić information content (AvgIpc) is 2.11. The van der Waals surface area contributed by atoms with Crippen molar-refractivity contribution >= 4 is 27.5 Å². The number of nitrogens with two attached hydrogens (primary N) is 1. The predicted molar refractivity (Wildman–Crippen MR) is 61.8 cm³/mol. The first-order chi connectivity index (χ1) is 6.31. The molecule has 0 atom stereocenters. The standard InChI is InChI=1S/C8H16N2OS2/c1-2-3-8(11)10-5-7-13-12-6-4-9/h2-3H,4-7,9H2,1H3,(H,10,11). The third-order valence-corrected chi connectivity index (χ3v) is 3.53. The van der Waals surface area contributed by atoms with Gasteiger partial charge >= 0.3 is 0 Å². The number of carbonyl (C=O) groups is 1. The van der Waals surface area contributed by atoms with Crippen molar-refractivity contribution in [3.63, 3.8) is 0 Å². The lowest BCUT2D eigenvalue weighted by molar-refractivity contribution is -0.116. The molecule has 0 spiro atoms. The highest BCUT2D eigenvalue weighted by atomic mass is 33.1. The summed E-state index contributed by atoms with van der Waals surface area (Å²) in [5, 5.41) is 2.77. The van der Waals surface area contributed by atoms with E-state index in [1.165, 1.54) is 6.08 Å². The van der Waals surface area contributed by atoms with Crippen LogP contribution in [-0.2, 0) is 4.79 Å². The molecule has 0 aromatic rings. The molecule has 13 heavy (non-hydrogen) atoms. The molecule has 0 aliphatic rings. The van der Waals surface area contributed by atoms with Crippen LogP contribution in [0.25, 0.3) is 0 Å². The van der Waals surface area contributed by atoms with Crippen molar-refractivity contribution in [2.75, 3.05) is 24.6 Å². The number of nitrogens with one attached hydrogen (secondary N) is 1. The minimum atomic E-state index is -0.0214. The second-order valence-electron chi connectivity index (χ2n) is 2.22. The van der Waals surface area contributed by atoms with E-state index in [1.54, 1.807) is 27.7 Å². The highest BCUT2D eigenvalue weighted by Gasteiger charge is 1.93. The Kier molecular flexibility index (Phi) is 9.85. The third kappa shape index (κ3) is 9.79. The fourth-order valence-corrected chi connectivity index (χ4v) is 2.36. The Morgan fingerprint density at radius 2 is 2.15 bits per heavy atom. The molecule has 1 amide bonds. The number of amides is 1. The average molecular weight is 220 g/mol. The summed E-state index contributed by atoms with van der Waals surface area (Å²) in [6.45, 7) is 3.25. The number of carbonyl (C=O) groups excluding carboxylic acids is 1. The number of hydrogen-bond acceptors (Lipinski definition) is 4. The van der Waals surface area contributed by atoms with E-state index in [4.69, 9.17) is 5.73 Å². The van der Waals surface area contributed by atoms with Gasteiger partial charge in [0, 0.05) is 24.6 Å². The van der Waals surface area contributed by atoms with Gasteiger partial charge in [-0.1, -0.05) is 27.7 Å². The Hall–Kier alpha value is -0.130. The maximum Gasteiger partial charge on any atom is 0.243 e. The lowest BCUT2D eigenvalue weighted by Gasteiger charge is -2.00. The van der Waals surface area contributed by atoms with Crippen LogP contribution < -0.4 is 11.1 Å². The molecule has 5 heteroatoms. The molecule has 0 aromatic carbocycles. The molecule has 0 aromatic heterocycles. The third-order valence-electron chi connectivity index (χ3n) is 1.09. The summed E-state index contributed by atoms with van der Waals surface area (Å²) in [6.07, 6.45) is 3.25. The van der Waals surface area contributed by atoms with Gasteiger partial charge in [0.1, 0.15) is 0 Å². The molecular formula is C8H16N2OS2. The molecule has 0 radical (unpaired) electrons. The van der Waals surface area contributed by atoms with E-state index in [9.17, 15) is 4.79 Å². The van der Waals surface area contributed by atoms with E-state index in [2.05, 4.69) is 5.32 Å². The van der Waals surface area contributed by atoms with Crippen molar-refractivity contribution in [1.29, 1.82) is 0 Å². The molecule has 0 unspecified atom stereocenters. The molecule has 0 bridgehead atoms. The summed E-state index contributed by atoms with van der Waals surface area (Å²) < 4.78 is 0. The van der Waals surface area contributed by atoms with E-state index < -0.39 is 0 Å². The summed E-state index contributed by atoms with van der Waals surface area (Å²) in [7, 11) is 3.48. The molecule has 0 saturated carbocycles. The molecule has 0 saturated heterocycles. The summed E-state index contributed by atoms with van der Waals surface area (Å²) >= 11 is 0. The Morgan fingerprint density at radius 1 is 1.46 bits per heavy atom. The van der Waals surface area contributed by atoms with Crippen LogP contribution in [0.1, 0.15) is 6.92 Å². The predicted octanol–water partition coefficient (Wildman–Crippen LogP) is 1.02. The van der Waals surface area contributed by atoms with Gasteiger partial charge in [-0.25, -0.2) is 0 Å². The first kappa shape index (κ1) is 12.9. The summed E-state index contributed by atoms with van der Waals surface area (Å²) in [5.41, 5.74) is 5.32. The maximum absolute atomic E-state index is 10.9. The van der Waals surface area contributed by atoms with E-state index in [0.29, 0.717) is 13.1 Å². The Balaban J connectivity index is 3.11. The van der Waals surface area contributed by atoms with E-state index in [-0.39, 0.29) is 5.91 Å². The molecule has 76 valence electrons. The van der Waals surface area contributed by atoms with Crippen LogP contribution in [0.2, 0.25) is 0 Å². The normalized spacial score (nSPS) is 10.6. The van der Waals surface area contributed by atoms with Crippen LogP contribution in [-0.4, -0.2) is 30.5 Å². The number of rotatable bonds is 7. The zero-order chi connectivity index (χ0) is 9.94. The quantitative estimate of drug-likeness (QED) is 0.382. The van der Waals surface area contributed by atoms with Crippen molar-refractivity contribution in [2.45, 2.75) is 6.92 Å². The van der Waals surface area contributed by atoms with Gasteiger partial charge in [0.05, 0.1) is 0 Å². The van der Waals surface area contributed by atoms with E-state index in [1.807, 2.05) is 6.92 Å². The van der Waals surface area contributed by atoms with Gasteiger partial charge < -0.3 is 11.1 Å². The zero-order valence-electron chi connectivity index (χ0n) is 7.79. The molecule has 0 heterocycles. The van der Waals surface area contributed by atoms with E-state index >= 15 is 0 Å². The Morgan fingerprint density at radius 3 is 2.77 bits per heavy atom. The minimum Gasteiger partial charge on any atom is -0.352 e. The van der Waals surface area contributed by atoms with Crippen molar-refractivity contribution in [2.24, 2.45) is 5.73 Å². The second-order valence-corrected chi connectivity index (χ2v) is 4.93. The van der Waals surface area contributed by atoms with Crippen LogP contribution in [0, 0.1) is 0 Å². The smallest absolute Gasteiger partial charge is 0.243 e. The fraction of sp³-hybridized carbons (Fsp3) is 0.625. The Bertz CT molecular complexity index is 162. The second kappa shape index (κ2) is 9.95. The van der Waals surface area contributed by atoms with E-state index in [0.717, 1.165) is 11.5 Å². The topological polar surface area (TPSA) is 55.1 Å². The first-order valence-corrected chi connectivity index (χ1v) is 6.65. The molecule has 3 nitrogen and oxygen atoms in total. The van der Waals surface area contributed by atoms with Gasteiger partial charge in [-0.3, -0.25) is 4.79 Å². The van der Waals surface area contributed by atoms with Crippen LogP contribution >= 0.6 is 21.6 Å². The lowest BCUT2D eigenvalue weighted by Crippen LogP contribution is -2.23. The zero-order valence-corrected chi connectivity index (χ0v) is 9.42. The fourth-order valence-electron chi connectivity index (χ4n) is 0.592. The van der Waals surface area contributed by atoms with Gasteiger partial charge in [0.25, 0.3) is 0 Å². The summed E-state index contributed by atoms with van der Waals surface area (Å²) in [4.78, 5) is 10.9. The van der Waals surface area contributed by atoms with Gasteiger partial charge in [-0.05, 0) is 13.0 Å². The molecule has 0 aliphatic carbocycles. The van der Waals surface area contributed by atoms with Crippen molar-refractivity contribution in [1.82, 2.24) is 5.32 Å². The largest absolute Gasteiger partial charge is 0.352 e. The highest BCUT2D eigenvalue weighted by Crippen LogP contribution is 2.18. The van der Waals surface area contributed by atoms with Crippen LogP contribution in [0.3, 0.4) is 0 Å². The molecule has 0 aliphatic heterocycles. The number of allylic oxidation sites excluding steroid dienone is 1. The molecule has 3 N–H and O–H groups in total. The number of hydrogen-bond donors (Lipinski definition) is 2. The molecule has 0 rings (SSSR count). The SMILES string of the molecule is CC=CC(=O)NCCSSCCN. The molecular weight excluding hydrogens is 204 g/mol. The van der Waals surface area contributed by atoms with Crippen LogP contribution in [0.4, 0.5) is 0 Å². The maximum atomic E-state index is 10.9. The summed E-state index contributed by atoms with van der Waals surface area (Å²) in [6, 6.07) is 0. The van der Waals surface area contributed by atoms with Gasteiger partial charge in [0.15, 0.2) is 0 Å².